The SMILES string of the molecule is COc1ccc(NC(=O)C(C)Sc2cccc(NC(=O)c3ccc(F)cc3)c2)cc1. The maximum atomic E-state index is 13.0. The van der Waals surface area contributed by atoms with E-state index in [1.807, 2.05) is 13.0 Å². The fourth-order valence-corrected chi connectivity index (χ4v) is 3.55. The summed E-state index contributed by atoms with van der Waals surface area (Å²) in [5.41, 5.74) is 1.65. The summed E-state index contributed by atoms with van der Waals surface area (Å²) in [5.74, 6) is -0.143. The van der Waals surface area contributed by atoms with Crippen molar-refractivity contribution < 1.29 is 18.7 Å². The van der Waals surface area contributed by atoms with Gasteiger partial charge in [-0.2, -0.15) is 0 Å². The van der Waals surface area contributed by atoms with Crippen LogP contribution in [0.3, 0.4) is 0 Å². The lowest BCUT2D eigenvalue weighted by molar-refractivity contribution is -0.115. The number of nitrogens with one attached hydrogen (secondary N) is 2. The number of rotatable bonds is 7. The van der Waals surface area contributed by atoms with E-state index in [9.17, 15) is 14.0 Å². The zero-order valence-corrected chi connectivity index (χ0v) is 17.3. The van der Waals surface area contributed by atoms with Crippen molar-refractivity contribution in [3.63, 3.8) is 0 Å². The molecule has 1 unspecified atom stereocenters. The molecule has 3 aromatic rings. The number of hydrogen-bond acceptors (Lipinski definition) is 4. The summed E-state index contributed by atoms with van der Waals surface area (Å²) in [6.45, 7) is 1.81. The van der Waals surface area contributed by atoms with Crippen LogP contribution in [0.5, 0.6) is 5.75 Å². The second-order valence-electron chi connectivity index (χ2n) is 6.47. The fraction of sp³-hybridized carbons (Fsp3) is 0.130. The molecular weight excluding hydrogens is 403 g/mol. The van der Waals surface area contributed by atoms with Gasteiger partial charge in [-0.3, -0.25) is 9.59 Å². The molecule has 0 spiro atoms. The molecule has 2 N–H and O–H groups in total. The van der Waals surface area contributed by atoms with Crippen molar-refractivity contribution in [3.8, 4) is 5.75 Å². The van der Waals surface area contributed by atoms with Crippen molar-refractivity contribution in [2.24, 2.45) is 0 Å². The lowest BCUT2D eigenvalue weighted by Gasteiger charge is -2.13. The van der Waals surface area contributed by atoms with Gasteiger partial charge in [0.15, 0.2) is 0 Å². The van der Waals surface area contributed by atoms with Crippen LogP contribution in [0.4, 0.5) is 15.8 Å². The van der Waals surface area contributed by atoms with Crippen LogP contribution in [-0.2, 0) is 4.79 Å². The largest absolute Gasteiger partial charge is 0.497 e. The molecule has 3 aromatic carbocycles. The van der Waals surface area contributed by atoms with Gasteiger partial charge >= 0.3 is 0 Å². The number of carbonyl (C=O) groups excluding carboxylic acids is 2. The van der Waals surface area contributed by atoms with Gasteiger partial charge in [-0.25, -0.2) is 4.39 Å². The Hall–Kier alpha value is -3.32. The molecule has 0 aliphatic heterocycles. The molecule has 1 atom stereocenters. The molecule has 0 radical (unpaired) electrons. The van der Waals surface area contributed by atoms with E-state index in [0.717, 1.165) is 10.6 Å². The lowest BCUT2D eigenvalue weighted by Crippen LogP contribution is -2.22. The van der Waals surface area contributed by atoms with Gasteiger partial charge in [0.25, 0.3) is 5.91 Å². The predicted octanol–water partition coefficient (Wildman–Crippen LogP) is 5.21. The monoisotopic (exact) mass is 424 g/mol. The number of carbonyl (C=O) groups is 2. The summed E-state index contributed by atoms with van der Waals surface area (Å²) in [7, 11) is 1.59. The first-order valence-corrected chi connectivity index (χ1v) is 10.1. The van der Waals surface area contributed by atoms with Gasteiger partial charge in [0.1, 0.15) is 11.6 Å². The molecular formula is C23H21FN2O3S. The van der Waals surface area contributed by atoms with E-state index in [2.05, 4.69) is 10.6 Å². The minimum absolute atomic E-state index is 0.133. The van der Waals surface area contributed by atoms with E-state index in [1.165, 1.54) is 36.0 Å². The van der Waals surface area contributed by atoms with Crippen LogP contribution in [0.15, 0.2) is 77.7 Å². The minimum atomic E-state index is -0.396. The number of benzene rings is 3. The third-order valence-corrected chi connectivity index (χ3v) is 5.33. The third-order valence-electron chi connectivity index (χ3n) is 4.24. The van der Waals surface area contributed by atoms with Gasteiger partial charge in [-0.15, -0.1) is 11.8 Å². The van der Waals surface area contributed by atoms with Crippen molar-refractivity contribution in [1.82, 2.24) is 0 Å². The quantitative estimate of drug-likeness (QED) is 0.511. The van der Waals surface area contributed by atoms with Crippen LogP contribution in [0, 0.1) is 5.82 Å². The van der Waals surface area contributed by atoms with E-state index >= 15 is 0 Å². The maximum Gasteiger partial charge on any atom is 0.255 e. The normalized spacial score (nSPS) is 11.4. The zero-order valence-electron chi connectivity index (χ0n) is 16.5. The molecule has 0 aliphatic rings. The Morgan fingerprint density at radius 2 is 1.63 bits per heavy atom. The van der Waals surface area contributed by atoms with Crippen molar-refractivity contribution in [3.05, 3.63) is 84.2 Å². The smallest absolute Gasteiger partial charge is 0.255 e. The topological polar surface area (TPSA) is 67.4 Å². The number of amides is 2. The highest BCUT2D eigenvalue weighted by atomic mass is 32.2. The first-order chi connectivity index (χ1) is 14.4. The molecule has 2 amide bonds. The summed E-state index contributed by atoms with van der Waals surface area (Å²) in [5, 5.41) is 5.30. The standard InChI is InChI=1S/C23H21FN2O3S/c1-15(22(27)25-18-10-12-20(29-2)13-11-18)30-21-5-3-4-19(14-21)26-23(28)16-6-8-17(24)9-7-16/h3-15H,1-2H3,(H,25,27)(H,26,28). The average molecular weight is 424 g/mol. The molecule has 0 fully saturated rings. The van der Waals surface area contributed by atoms with Crippen molar-refractivity contribution in [1.29, 1.82) is 0 Å². The average Bonchev–Trinajstić information content (AvgIpc) is 2.75. The van der Waals surface area contributed by atoms with Crippen molar-refractivity contribution >= 4 is 35.0 Å². The number of halogens is 1. The molecule has 5 nitrogen and oxygen atoms in total. The number of thioether (sulfide) groups is 1. The molecule has 154 valence electrons. The summed E-state index contributed by atoms with van der Waals surface area (Å²) >= 11 is 1.38. The van der Waals surface area contributed by atoms with Gasteiger partial charge in [0.2, 0.25) is 5.91 Å². The Balaban J connectivity index is 1.60. The fourth-order valence-electron chi connectivity index (χ4n) is 2.63. The van der Waals surface area contributed by atoms with Gasteiger partial charge < -0.3 is 15.4 Å². The first kappa shape index (κ1) is 21.4. The predicted molar refractivity (Wildman–Crippen MR) is 118 cm³/mol. The molecule has 0 aromatic heterocycles. The summed E-state index contributed by atoms with van der Waals surface area (Å²) in [4.78, 5) is 25.6. The van der Waals surface area contributed by atoms with E-state index in [0.29, 0.717) is 16.9 Å². The van der Waals surface area contributed by atoms with Gasteiger partial charge in [0, 0.05) is 21.8 Å². The Morgan fingerprint density at radius 1 is 0.933 bits per heavy atom. The zero-order chi connectivity index (χ0) is 21.5. The highest BCUT2D eigenvalue weighted by molar-refractivity contribution is 8.00. The van der Waals surface area contributed by atoms with E-state index < -0.39 is 5.82 Å². The molecule has 30 heavy (non-hydrogen) atoms. The first-order valence-electron chi connectivity index (χ1n) is 9.23. The van der Waals surface area contributed by atoms with Crippen LogP contribution >= 0.6 is 11.8 Å². The van der Waals surface area contributed by atoms with Gasteiger partial charge in [0.05, 0.1) is 12.4 Å². The van der Waals surface area contributed by atoms with Gasteiger partial charge in [-0.05, 0) is 73.7 Å². The maximum absolute atomic E-state index is 13.0. The minimum Gasteiger partial charge on any atom is -0.497 e. The molecule has 0 aliphatic carbocycles. The molecule has 0 saturated carbocycles. The second-order valence-corrected chi connectivity index (χ2v) is 7.88. The van der Waals surface area contributed by atoms with Gasteiger partial charge in [-0.1, -0.05) is 6.07 Å². The van der Waals surface area contributed by atoms with Crippen molar-refractivity contribution in [2.45, 2.75) is 17.1 Å². The van der Waals surface area contributed by atoms with Crippen LogP contribution in [-0.4, -0.2) is 24.2 Å². The Labute approximate surface area is 178 Å². The van der Waals surface area contributed by atoms with E-state index in [1.54, 1.807) is 49.6 Å². The lowest BCUT2D eigenvalue weighted by atomic mass is 10.2. The molecule has 0 heterocycles. The van der Waals surface area contributed by atoms with Crippen molar-refractivity contribution in [2.75, 3.05) is 17.7 Å². The van der Waals surface area contributed by atoms with Crippen LogP contribution in [0.2, 0.25) is 0 Å². The van der Waals surface area contributed by atoms with Crippen LogP contribution in [0.25, 0.3) is 0 Å². The molecule has 3 rings (SSSR count). The molecule has 0 bridgehead atoms. The highest BCUT2D eigenvalue weighted by Gasteiger charge is 2.15. The Morgan fingerprint density at radius 3 is 2.30 bits per heavy atom. The Kier molecular flexibility index (Phi) is 7.08. The Bertz CT molecular complexity index is 1020. The number of ether oxygens (including phenoxy) is 1. The summed E-state index contributed by atoms with van der Waals surface area (Å²) in [6.07, 6.45) is 0. The summed E-state index contributed by atoms with van der Waals surface area (Å²) in [6, 6.07) is 19.7. The van der Waals surface area contributed by atoms with E-state index in [-0.39, 0.29) is 17.1 Å². The number of methoxy groups -OCH3 is 1. The van der Waals surface area contributed by atoms with Crippen LogP contribution in [0.1, 0.15) is 17.3 Å². The third kappa shape index (κ3) is 5.84. The molecule has 7 heteroatoms. The molecule has 0 saturated heterocycles. The number of hydrogen-bond donors (Lipinski definition) is 2. The van der Waals surface area contributed by atoms with Crippen LogP contribution < -0.4 is 15.4 Å². The van der Waals surface area contributed by atoms with E-state index in [4.69, 9.17) is 4.74 Å². The highest BCUT2D eigenvalue weighted by Crippen LogP contribution is 2.27. The second kappa shape index (κ2) is 9.93. The number of anilines is 2. The summed E-state index contributed by atoms with van der Waals surface area (Å²) < 4.78 is 18.1.